The third kappa shape index (κ3) is 3.23. The summed E-state index contributed by atoms with van der Waals surface area (Å²) in [5.74, 6) is 0.546. The average molecular weight is 410 g/mol. The van der Waals surface area contributed by atoms with Crippen molar-refractivity contribution in [3.05, 3.63) is 56.4 Å². The summed E-state index contributed by atoms with van der Waals surface area (Å²) in [5, 5.41) is 9.02. The summed E-state index contributed by atoms with van der Waals surface area (Å²) in [6, 6.07) is 3.47. The molecule has 8 heteroatoms. The molecule has 0 aromatic carbocycles. The topological polar surface area (TPSA) is 87.7 Å². The van der Waals surface area contributed by atoms with Crippen LogP contribution in [0.15, 0.2) is 33.6 Å². The van der Waals surface area contributed by atoms with Crippen molar-refractivity contribution in [2.45, 2.75) is 39.7 Å². The molecule has 1 unspecified atom stereocenters. The molecule has 150 valence electrons. The predicted molar refractivity (Wildman–Crippen MR) is 114 cm³/mol. The van der Waals surface area contributed by atoms with E-state index >= 15 is 0 Å². The van der Waals surface area contributed by atoms with Crippen molar-refractivity contribution >= 4 is 33.2 Å². The molecule has 0 spiro atoms. The zero-order valence-corrected chi connectivity index (χ0v) is 17.6. The minimum Gasteiger partial charge on any atom is -0.496 e. The number of nitrogens with one attached hydrogen (secondary N) is 1. The molecular formula is C21H22N4O3S. The Bertz CT molecular complexity index is 1190. The molecule has 4 rings (SSSR count). The van der Waals surface area contributed by atoms with Gasteiger partial charge in [0.05, 0.1) is 24.4 Å². The molecule has 1 aliphatic heterocycles. The van der Waals surface area contributed by atoms with Gasteiger partial charge >= 0.3 is 0 Å². The fraction of sp³-hybridized carbons (Fsp3) is 0.333. The molecule has 29 heavy (non-hydrogen) atoms. The Hall–Kier alpha value is -3.00. The van der Waals surface area contributed by atoms with Crippen LogP contribution in [0.3, 0.4) is 0 Å². The summed E-state index contributed by atoms with van der Waals surface area (Å²) in [6.07, 6.45) is 2.46. The molecule has 1 amide bonds. The van der Waals surface area contributed by atoms with E-state index < -0.39 is 0 Å². The highest BCUT2D eigenvalue weighted by Gasteiger charge is 2.36. The number of amides is 1. The lowest BCUT2D eigenvalue weighted by Gasteiger charge is -2.23. The Morgan fingerprint density at radius 3 is 2.93 bits per heavy atom. The van der Waals surface area contributed by atoms with E-state index in [0.29, 0.717) is 29.9 Å². The minimum atomic E-state index is -0.363. The van der Waals surface area contributed by atoms with Gasteiger partial charge in [0, 0.05) is 41.7 Å². The first-order valence-corrected chi connectivity index (χ1v) is 10.3. The van der Waals surface area contributed by atoms with Crippen molar-refractivity contribution in [1.82, 2.24) is 15.0 Å². The lowest BCUT2D eigenvalue weighted by atomic mass is 9.96. The molecule has 4 heterocycles. The average Bonchev–Trinajstić information content (AvgIpc) is 3.34. The number of carbonyl (C=O) groups is 1. The molecule has 7 nitrogen and oxygen atoms in total. The van der Waals surface area contributed by atoms with E-state index in [1.54, 1.807) is 20.2 Å². The second-order valence-electron chi connectivity index (χ2n) is 7.04. The summed E-state index contributed by atoms with van der Waals surface area (Å²) < 4.78 is 5.54. The third-order valence-electron chi connectivity index (χ3n) is 5.27. The molecule has 3 aromatic heterocycles. The van der Waals surface area contributed by atoms with E-state index in [1.807, 2.05) is 31.4 Å². The number of hydrogen-bond acceptors (Lipinski definition) is 6. The van der Waals surface area contributed by atoms with Crippen molar-refractivity contribution in [1.29, 1.82) is 0 Å². The summed E-state index contributed by atoms with van der Waals surface area (Å²) >= 11 is 1.49. The van der Waals surface area contributed by atoms with Crippen molar-refractivity contribution in [3.8, 4) is 5.75 Å². The number of hydrogen-bond donors (Lipinski definition) is 1. The lowest BCUT2D eigenvalue weighted by Crippen LogP contribution is -2.26. The van der Waals surface area contributed by atoms with Crippen LogP contribution in [-0.4, -0.2) is 33.7 Å². The van der Waals surface area contributed by atoms with Crippen LogP contribution in [-0.2, 0) is 4.79 Å². The van der Waals surface area contributed by atoms with E-state index in [-0.39, 0.29) is 17.5 Å². The normalized spacial score (nSPS) is 16.3. The van der Waals surface area contributed by atoms with Gasteiger partial charge in [-0.1, -0.05) is 6.92 Å². The van der Waals surface area contributed by atoms with Gasteiger partial charge in [-0.15, -0.1) is 11.3 Å². The number of aromatic nitrogens is 2. The van der Waals surface area contributed by atoms with Crippen LogP contribution in [0.5, 0.6) is 5.75 Å². The van der Waals surface area contributed by atoms with Crippen LogP contribution in [0.2, 0.25) is 0 Å². The molecule has 0 aliphatic carbocycles. The van der Waals surface area contributed by atoms with E-state index in [0.717, 1.165) is 27.0 Å². The van der Waals surface area contributed by atoms with Crippen LogP contribution in [0, 0.1) is 13.8 Å². The van der Waals surface area contributed by atoms with Gasteiger partial charge in [-0.05, 0) is 30.9 Å². The Balaban J connectivity index is 1.84. The fourth-order valence-electron chi connectivity index (χ4n) is 3.79. The Morgan fingerprint density at radius 1 is 1.41 bits per heavy atom. The lowest BCUT2D eigenvalue weighted by molar-refractivity contribution is -0.132. The maximum Gasteiger partial charge on any atom is 0.258 e. The first-order valence-electron chi connectivity index (χ1n) is 9.45. The number of fused-ring (bicyclic) bond motifs is 1. The highest BCUT2D eigenvalue weighted by Crippen LogP contribution is 2.38. The Kier molecular flexibility index (Phi) is 4.96. The van der Waals surface area contributed by atoms with Gasteiger partial charge in [-0.2, -0.15) is 5.10 Å². The van der Waals surface area contributed by atoms with Crippen LogP contribution in [0.1, 0.15) is 48.2 Å². The number of thiophene rings is 1. The summed E-state index contributed by atoms with van der Waals surface area (Å²) in [5.41, 5.74) is 3.44. The fourth-order valence-corrected chi connectivity index (χ4v) is 4.63. The molecular weight excluding hydrogens is 388 g/mol. The number of carbonyl (C=O) groups excluding carboxylic acids is 1. The van der Waals surface area contributed by atoms with Gasteiger partial charge in [0.2, 0.25) is 5.91 Å². The number of H-pyrrole nitrogens is 1. The van der Waals surface area contributed by atoms with Gasteiger partial charge in [-0.3, -0.25) is 14.6 Å². The van der Waals surface area contributed by atoms with Gasteiger partial charge in [0.25, 0.3) is 5.56 Å². The standard InChI is InChI=1S/C21H22N4O3S/c1-5-18(26)25-16(14-10-22-11(2)8-17(14)28-4)9-15(24-25)19-12(3)13-6-7-29-21(13)23-20(19)27/h6-8,10,16H,5,9H2,1-4H3,(H,23,27). The highest BCUT2D eigenvalue weighted by atomic mass is 32.1. The third-order valence-corrected chi connectivity index (χ3v) is 6.10. The van der Waals surface area contributed by atoms with Crippen molar-refractivity contribution in [3.63, 3.8) is 0 Å². The van der Waals surface area contributed by atoms with E-state index in [4.69, 9.17) is 4.74 Å². The van der Waals surface area contributed by atoms with E-state index in [9.17, 15) is 9.59 Å². The molecule has 0 fully saturated rings. The number of pyridine rings is 2. The summed E-state index contributed by atoms with van der Waals surface area (Å²) in [7, 11) is 1.60. The zero-order chi connectivity index (χ0) is 20.7. The SMILES string of the molecule is CCC(=O)N1N=C(c2c(C)c3ccsc3[nH]c2=O)CC1c1cnc(C)cc1OC. The molecule has 1 atom stereocenters. The largest absolute Gasteiger partial charge is 0.496 e. The second-order valence-corrected chi connectivity index (χ2v) is 7.96. The van der Waals surface area contributed by atoms with Gasteiger partial charge in [0.1, 0.15) is 10.6 Å². The van der Waals surface area contributed by atoms with E-state index in [1.165, 1.54) is 16.3 Å². The first kappa shape index (κ1) is 19.3. The number of hydrazone groups is 1. The Labute approximate surface area is 172 Å². The molecule has 0 saturated carbocycles. The van der Waals surface area contributed by atoms with Crippen LogP contribution < -0.4 is 10.3 Å². The van der Waals surface area contributed by atoms with Crippen LogP contribution >= 0.6 is 11.3 Å². The van der Waals surface area contributed by atoms with Crippen LogP contribution in [0.4, 0.5) is 0 Å². The predicted octanol–water partition coefficient (Wildman–Crippen LogP) is 3.70. The molecule has 1 aliphatic rings. The Morgan fingerprint density at radius 2 is 2.21 bits per heavy atom. The van der Waals surface area contributed by atoms with Crippen LogP contribution in [0.25, 0.3) is 10.2 Å². The smallest absolute Gasteiger partial charge is 0.258 e. The second kappa shape index (κ2) is 7.44. The van der Waals surface area contributed by atoms with Gasteiger partial charge in [-0.25, -0.2) is 5.01 Å². The molecule has 0 saturated heterocycles. The molecule has 3 aromatic rings. The van der Waals surface area contributed by atoms with Crippen molar-refractivity contribution < 1.29 is 9.53 Å². The maximum absolute atomic E-state index is 12.8. The number of nitrogens with zero attached hydrogens (tertiary/aromatic N) is 3. The number of aryl methyl sites for hydroxylation is 2. The molecule has 1 N–H and O–H groups in total. The number of aromatic amines is 1. The number of ether oxygens (including phenoxy) is 1. The maximum atomic E-state index is 12.8. The van der Waals surface area contributed by atoms with E-state index in [2.05, 4.69) is 15.1 Å². The number of methoxy groups -OCH3 is 1. The zero-order valence-electron chi connectivity index (χ0n) is 16.8. The number of rotatable bonds is 4. The monoisotopic (exact) mass is 410 g/mol. The first-order chi connectivity index (χ1) is 13.9. The van der Waals surface area contributed by atoms with Gasteiger partial charge in [0.15, 0.2) is 0 Å². The quantitative estimate of drug-likeness (QED) is 0.710. The summed E-state index contributed by atoms with van der Waals surface area (Å²) in [6.45, 7) is 5.61. The minimum absolute atomic E-state index is 0.113. The van der Waals surface area contributed by atoms with Crippen molar-refractivity contribution in [2.75, 3.05) is 7.11 Å². The molecule has 0 bridgehead atoms. The summed E-state index contributed by atoms with van der Waals surface area (Å²) in [4.78, 5) is 33.6. The van der Waals surface area contributed by atoms with Gasteiger partial charge < -0.3 is 9.72 Å². The molecule has 0 radical (unpaired) electrons. The highest BCUT2D eigenvalue weighted by molar-refractivity contribution is 7.16. The van der Waals surface area contributed by atoms with Crippen molar-refractivity contribution in [2.24, 2.45) is 5.10 Å².